The van der Waals surface area contributed by atoms with Gasteiger partial charge in [0.1, 0.15) is 11.0 Å². The first kappa shape index (κ1) is 18.7. The Balaban J connectivity index is 1.56. The Morgan fingerprint density at radius 2 is 1.96 bits per heavy atom. The molecule has 3 rings (SSSR count). The zero-order valence-electron chi connectivity index (χ0n) is 14.6. The maximum Gasteiger partial charge on any atom is 0.240 e. The summed E-state index contributed by atoms with van der Waals surface area (Å²) < 4.78 is 5.20. The molecule has 2 aromatic carbocycles. The van der Waals surface area contributed by atoms with Gasteiger partial charge in [0, 0.05) is 6.42 Å². The van der Waals surface area contributed by atoms with Gasteiger partial charge in [0.2, 0.25) is 11.8 Å². The van der Waals surface area contributed by atoms with Crippen LogP contribution in [0, 0.1) is 0 Å². The number of hydrogen-bond donors (Lipinski definition) is 2. The molecule has 0 aromatic heterocycles. The molecular formula is C19H18N4O3S. The van der Waals surface area contributed by atoms with Crippen molar-refractivity contribution in [3.63, 3.8) is 0 Å². The van der Waals surface area contributed by atoms with E-state index in [1.54, 1.807) is 24.4 Å². The molecule has 1 unspecified atom stereocenters. The first-order valence-electron chi connectivity index (χ1n) is 8.22. The molecule has 8 heteroatoms. The number of methoxy groups -OCH3 is 1. The quantitative estimate of drug-likeness (QED) is 0.593. The van der Waals surface area contributed by atoms with Gasteiger partial charge in [0.15, 0.2) is 5.17 Å². The lowest BCUT2D eigenvalue weighted by Gasteiger charge is -2.10. The minimum Gasteiger partial charge on any atom is -0.495 e. The number of nitrogens with one attached hydrogen (secondary N) is 2. The first-order chi connectivity index (χ1) is 13.2. The van der Waals surface area contributed by atoms with E-state index >= 15 is 0 Å². The zero-order chi connectivity index (χ0) is 19.1. The molecular weight excluding hydrogens is 364 g/mol. The monoisotopic (exact) mass is 382 g/mol. The lowest BCUT2D eigenvalue weighted by Crippen LogP contribution is -2.28. The van der Waals surface area contributed by atoms with E-state index in [2.05, 4.69) is 20.8 Å². The second-order valence-corrected chi connectivity index (χ2v) is 6.80. The standard InChI is InChI=1S/C19H18N4O3S/c1-26-15-10-6-5-9-14(15)21-17(24)11-16-18(25)22-19(27-16)23-20-12-13-7-3-2-4-8-13/h2-10,12,16H,11H2,1H3,(H,21,24)(H,22,23,25). The Morgan fingerprint density at radius 1 is 1.22 bits per heavy atom. The molecule has 0 bridgehead atoms. The predicted molar refractivity (Wildman–Crippen MR) is 107 cm³/mol. The molecule has 1 saturated heterocycles. The number of ether oxygens (including phenoxy) is 1. The van der Waals surface area contributed by atoms with E-state index in [1.165, 1.54) is 18.9 Å². The van der Waals surface area contributed by atoms with Crippen molar-refractivity contribution >= 4 is 40.6 Å². The number of carbonyl (C=O) groups excluding carboxylic acids is 2. The molecule has 2 aromatic rings. The number of amidine groups is 1. The summed E-state index contributed by atoms with van der Waals surface area (Å²) in [5.41, 5.74) is 1.47. The van der Waals surface area contributed by atoms with Crippen LogP contribution in [0.15, 0.2) is 64.8 Å². The van der Waals surface area contributed by atoms with Gasteiger partial charge in [-0.25, -0.2) is 0 Å². The predicted octanol–water partition coefficient (Wildman–Crippen LogP) is 2.65. The highest BCUT2D eigenvalue weighted by molar-refractivity contribution is 8.15. The second kappa shape index (κ2) is 9.00. The van der Waals surface area contributed by atoms with Crippen LogP contribution in [0.3, 0.4) is 0 Å². The first-order valence-corrected chi connectivity index (χ1v) is 9.10. The third-order valence-electron chi connectivity index (χ3n) is 3.68. The van der Waals surface area contributed by atoms with Gasteiger partial charge in [-0.3, -0.25) is 9.59 Å². The SMILES string of the molecule is COc1ccccc1NC(=O)CC1SC(=NN=Cc2ccccc2)NC1=O. The Bertz CT molecular complexity index is 884. The fourth-order valence-electron chi connectivity index (χ4n) is 2.39. The van der Waals surface area contributed by atoms with E-state index < -0.39 is 5.25 Å². The van der Waals surface area contributed by atoms with Crippen LogP contribution >= 0.6 is 11.8 Å². The minimum absolute atomic E-state index is 0.0238. The molecule has 2 N–H and O–H groups in total. The Labute approximate surface area is 160 Å². The van der Waals surface area contributed by atoms with Crippen molar-refractivity contribution in [2.45, 2.75) is 11.7 Å². The van der Waals surface area contributed by atoms with Gasteiger partial charge in [-0.05, 0) is 17.7 Å². The fourth-order valence-corrected chi connectivity index (χ4v) is 3.32. The van der Waals surface area contributed by atoms with Crippen molar-refractivity contribution in [3.05, 3.63) is 60.2 Å². The van der Waals surface area contributed by atoms with Crippen molar-refractivity contribution in [2.24, 2.45) is 10.2 Å². The highest BCUT2D eigenvalue weighted by atomic mass is 32.2. The number of nitrogens with zero attached hydrogens (tertiary/aromatic N) is 2. The highest BCUT2D eigenvalue weighted by Gasteiger charge is 2.32. The van der Waals surface area contributed by atoms with Crippen molar-refractivity contribution in [1.82, 2.24) is 5.32 Å². The minimum atomic E-state index is -0.551. The van der Waals surface area contributed by atoms with Crippen molar-refractivity contribution in [2.75, 3.05) is 12.4 Å². The summed E-state index contributed by atoms with van der Waals surface area (Å²) in [6.45, 7) is 0. The lowest BCUT2D eigenvalue weighted by molar-refractivity contribution is -0.122. The summed E-state index contributed by atoms with van der Waals surface area (Å²) >= 11 is 1.19. The topological polar surface area (TPSA) is 92.2 Å². The van der Waals surface area contributed by atoms with Crippen LogP contribution in [0.4, 0.5) is 5.69 Å². The molecule has 1 fully saturated rings. The van der Waals surface area contributed by atoms with E-state index in [9.17, 15) is 9.59 Å². The summed E-state index contributed by atoms with van der Waals surface area (Å²) in [7, 11) is 1.53. The number of thioether (sulfide) groups is 1. The zero-order valence-corrected chi connectivity index (χ0v) is 15.4. The van der Waals surface area contributed by atoms with Crippen LogP contribution < -0.4 is 15.4 Å². The summed E-state index contributed by atoms with van der Waals surface area (Å²) in [5.74, 6) is 0.0249. The number of rotatable bonds is 6. The molecule has 1 atom stereocenters. The lowest BCUT2D eigenvalue weighted by atomic mass is 10.2. The largest absolute Gasteiger partial charge is 0.495 e. The molecule has 0 radical (unpaired) electrons. The number of benzene rings is 2. The molecule has 1 heterocycles. The van der Waals surface area contributed by atoms with Crippen molar-refractivity contribution in [3.8, 4) is 5.75 Å². The van der Waals surface area contributed by atoms with Gasteiger partial charge in [-0.1, -0.05) is 54.2 Å². The van der Waals surface area contributed by atoms with E-state index in [0.29, 0.717) is 16.6 Å². The van der Waals surface area contributed by atoms with Crippen LogP contribution in [0.1, 0.15) is 12.0 Å². The molecule has 27 heavy (non-hydrogen) atoms. The average molecular weight is 382 g/mol. The highest BCUT2D eigenvalue weighted by Crippen LogP contribution is 2.26. The van der Waals surface area contributed by atoms with Crippen LogP contribution in [-0.4, -0.2) is 35.6 Å². The molecule has 0 spiro atoms. The molecule has 1 aliphatic rings. The summed E-state index contributed by atoms with van der Waals surface area (Å²) in [6.07, 6.45) is 1.62. The van der Waals surface area contributed by atoms with Crippen LogP contribution in [0.2, 0.25) is 0 Å². The Morgan fingerprint density at radius 3 is 2.74 bits per heavy atom. The van der Waals surface area contributed by atoms with Gasteiger partial charge >= 0.3 is 0 Å². The van der Waals surface area contributed by atoms with Crippen molar-refractivity contribution < 1.29 is 14.3 Å². The molecule has 0 aliphatic carbocycles. The fraction of sp³-hybridized carbons (Fsp3) is 0.158. The van der Waals surface area contributed by atoms with E-state index in [4.69, 9.17) is 4.74 Å². The van der Waals surface area contributed by atoms with Gasteiger partial charge in [0.25, 0.3) is 0 Å². The van der Waals surface area contributed by atoms with Gasteiger partial charge in [-0.2, -0.15) is 5.10 Å². The number of anilines is 1. The van der Waals surface area contributed by atoms with E-state index in [0.717, 1.165) is 5.56 Å². The Kier molecular flexibility index (Phi) is 6.22. The number of para-hydroxylation sites is 2. The number of amides is 2. The summed E-state index contributed by atoms with van der Waals surface area (Å²) in [5, 5.41) is 13.2. The maximum atomic E-state index is 12.3. The third-order valence-corrected chi connectivity index (χ3v) is 4.76. The van der Waals surface area contributed by atoms with Gasteiger partial charge in [-0.15, -0.1) is 5.10 Å². The van der Waals surface area contributed by atoms with Gasteiger partial charge < -0.3 is 15.4 Å². The van der Waals surface area contributed by atoms with Crippen molar-refractivity contribution in [1.29, 1.82) is 0 Å². The summed E-state index contributed by atoms with van der Waals surface area (Å²) in [4.78, 5) is 24.3. The molecule has 2 amide bonds. The van der Waals surface area contributed by atoms with E-state index in [1.807, 2.05) is 36.4 Å². The smallest absolute Gasteiger partial charge is 0.240 e. The van der Waals surface area contributed by atoms with Crippen LogP contribution in [-0.2, 0) is 9.59 Å². The average Bonchev–Trinajstić information content (AvgIpc) is 3.02. The maximum absolute atomic E-state index is 12.3. The molecule has 1 aliphatic heterocycles. The number of carbonyl (C=O) groups is 2. The molecule has 138 valence electrons. The number of hydrogen-bond acceptors (Lipinski definition) is 6. The summed E-state index contributed by atoms with van der Waals surface area (Å²) in [6, 6.07) is 16.6. The molecule has 7 nitrogen and oxygen atoms in total. The van der Waals surface area contributed by atoms with Gasteiger partial charge in [0.05, 0.1) is 19.0 Å². The molecule has 0 saturated carbocycles. The normalized spacial score (nSPS) is 17.9. The second-order valence-electron chi connectivity index (χ2n) is 5.61. The Hall–Kier alpha value is -3.13. The third kappa shape index (κ3) is 5.18. The van der Waals surface area contributed by atoms with E-state index in [-0.39, 0.29) is 18.2 Å². The van der Waals surface area contributed by atoms with Crippen LogP contribution in [0.5, 0.6) is 5.75 Å². The van der Waals surface area contributed by atoms with Crippen LogP contribution in [0.25, 0.3) is 0 Å².